The summed E-state index contributed by atoms with van der Waals surface area (Å²) in [5.74, 6) is 1.51. The van der Waals surface area contributed by atoms with Crippen molar-refractivity contribution in [1.29, 1.82) is 0 Å². The summed E-state index contributed by atoms with van der Waals surface area (Å²) in [6.45, 7) is 0. The summed E-state index contributed by atoms with van der Waals surface area (Å²) in [6, 6.07) is 51.5. The van der Waals surface area contributed by atoms with Crippen LogP contribution in [0.15, 0.2) is 152 Å². The van der Waals surface area contributed by atoms with Crippen molar-refractivity contribution in [1.82, 2.24) is 9.97 Å². The number of anilines is 5. The summed E-state index contributed by atoms with van der Waals surface area (Å²) in [6.07, 6.45) is 0. The lowest BCUT2D eigenvalue weighted by atomic mass is 10.1. The second kappa shape index (κ2) is 10.8. The molecule has 4 aromatic carbocycles. The lowest BCUT2D eigenvalue weighted by Gasteiger charge is -2.25. The standard InChI is InChI=1S/C34H26N4/c1-4-12-26(13-5-1)31-18-10-20-33(35-31)37-34-21-11-19-32(36-34)27-22-24-30(25-23-27)38(28-14-6-2-7-15-28)29-16-8-3-9-17-29/h1-25H,(H,35,36,37). The monoisotopic (exact) mass is 490 g/mol. The van der Waals surface area contributed by atoms with E-state index in [2.05, 4.69) is 95.1 Å². The van der Waals surface area contributed by atoms with Gasteiger partial charge in [-0.05, 0) is 60.7 Å². The largest absolute Gasteiger partial charge is 0.325 e. The molecule has 0 saturated carbocycles. The molecular formula is C34H26N4. The highest BCUT2D eigenvalue weighted by Gasteiger charge is 2.12. The van der Waals surface area contributed by atoms with Crippen LogP contribution in [0, 0.1) is 0 Å². The van der Waals surface area contributed by atoms with Crippen LogP contribution in [0.25, 0.3) is 22.5 Å². The Morgan fingerprint density at radius 3 is 1.29 bits per heavy atom. The summed E-state index contributed by atoms with van der Waals surface area (Å²) in [7, 11) is 0. The maximum atomic E-state index is 4.87. The number of pyridine rings is 2. The van der Waals surface area contributed by atoms with Crippen LogP contribution in [0.2, 0.25) is 0 Å². The van der Waals surface area contributed by atoms with Crippen molar-refractivity contribution in [3.63, 3.8) is 0 Å². The number of aromatic nitrogens is 2. The Morgan fingerprint density at radius 2 is 0.789 bits per heavy atom. The average Bonchev–Trinajstić information content (AvgIpc) is 3.00. The van der Waals surface area contributed by atoms with Crippen molar-refractivity contribution in [3.05, 3.63) is 152 Å². The van der Waals surface area contributed by atoms with Crippen LogP contribution in [0.5, 0.6) is 0 Å². The van der Waals surface area contributed by atoms with E-state index in [0.29, 0.717) is 0 Å². The molecule has 0 amide bonds. The van der Waals surface area contributed by atoms with Crippen LogP contribution >= 0.6 is 0 Å². The number of benzene rings is 4. The summed E-state index contributed by atoms with van der Waals surface area (Å²) < 4.78 is 0. The second-order valence-corrected chi connectivity index (χ2v) is 8.86. The molecule has 6 aromatic rings. The lowest BCUT2D eigenvalue weighted by molar-refractivity contribution is 1.25. The molecule has 0 unspecified atom stereocenters. The quantitative estimate of drug-likeness (QED) is 0.242. The van der Waals surface area contributed by atoms with Gasteiger partial charge in [0.25, 0.3) is 0 Å². The third kappa shape index (κ3) is 5.15. The second-order valence-electron chi connectivity index (χ2n) is 8.86. The van der Waals surface area contributed by atoms with Crippen molar-refractivity contribution in [2.24, 2.45) is 0 Å². The molecule has 0 atom stereocenters. The van der Waals surface area contributed by atoms with Crippen molar-refractivity contribution < 1.29 is 0 Å². The predicted octanol–water partition coefficient (Wildman–Crippen LogP) is 9.02. The van der Waals surface area contributed by atoms with Gasteiger partial charge in [0.15, 0.2) is 0 Å². The van der Waals surface area contributed by atoms with E-state index < -0.39 is 0 Å². The van der Waals surface area contributed by atoms with Gasteiger partial charge in [0.1, 0.15) is 11.6 Å². The topological polar surface area (TPSA) is 41.0 Å². The van der Waals surface area contributed by atoms with E-state index in [1.807, 2.05) is 66.7 Å². The third-order valence-corrected chi connectivity index (χ3v) is 6.27. The molecule has 2 heterocycles. The molecule has 2 aromatic heterocycles. The zero-order valence-corrected chi connectivity index (χ0v) is 20.8. The Bertz CT molecular complexity index is 1580. The molecule has 0 aliphatic carbocycles. The molecule has 0 aliphatic heterocycles. The van der Waals surface area contributed by atoms with Gasteiger partial charge in [-0.25, -0.2) is 9.97 Å². The minimum Gasteiger partial charge on any atom is -0.325 e. The number of para-hydroxylation sites is 2. The molecule has 182 valence electrons. The first-order valence-electron chi connectivity index (χ1n) is 12.6. The van der Waals surface area contributed by atoms with Crippen LogP contribution in [0.4, 0.5) is 28.7 Å². The average molecular weight is 491 g/mol. The van der Waals surface area contributed by atoms with Crippen molar-refractivity contribution >= 4 is 28.7 Å². The first kappa shape index (κ1) is 23.2. The van der Waals surface area contributed by atoms with Gasteiger partial charge in [-0.2, -0.15) is 0 Å². The number of hydrogen-bond donors (Lipinski definition) is 1. The van der Waals surface area contributed by atoms with E-state index in [0.717, 1.165) is 51.2 Å². The smallest absolute Gasteiger partial charge is 0.132 e. The van der Waals surface area contributed by atoms with Crippen molar-refractivity contribution in [2.45, 2.75) is 0 Å². The van der Waals surface area contributed by atoms with E-state index in [1.54, 1.807) is 0 Å². The van der Waals surface area contributed by atoms with Crippen molar-refractivity contribution in [2.75, 3.05) is 10.2 Å². The Labute approximate surface area is 222 Å². The molecule has 0 radical (unpaired) electrons. The Morgan fingerprint density at radius 1 is 0.368 bits per heavy atom. The van der Waals surface area contributed by atoms with E-state index in [9.17, 15) is 0 Å². The molecule has 0 bridgehead atoms. The summed E-state index contributed by atoms with van der Waals surface area (Å²) in [4.78, 5) is 11.9. The maximum Gasteiger partial charge on any atom is 0.132 e. The van der Waals surface area contributed by atoms with Gasteiger partial charge in [0, 0.05) is 28.2 Å². The van der Waals surface area contributed by atoms with Crippen LogP contribution in [0.3, 0.4) is 0 Å². The van der Waals surface area contributed by atoms with E-state index in [-0.39, 0.29) is 0 Å². The molecule has 4 heteroatoms. The van der Waals surface area contributed by atoms with Gasteiger partial charge in [0.2, 0.25) is 0 Å². The van der Waals surface area contributed by atoms with Crippen LogP contribution in [0.1, 0.15) is 0 Å². The molecule has 0 spiro atoms. The number of nitrogens with zero attached hydrogens (tertiary/aromatic N) is 3. The molecule has 4 nitrogen and oxygen atoms in total. The first-order valence-corrected chi connectivity index (χ1v) is 12.6. The minimum atomic E-state index is 0.750. The number of rotatable bonds is 7. The Kier molecular flexibility index (Phi) is 6.60. The lowest BCUT2D eigenvalue weighted by Crippen LogP contribution is -2.09. The highest BCUT2D eigenvalue weighted by Crippen LogP contribution is 2.35. The van der Waals surface area contributed by atoms with Gasteiger partial charge in [-0.1, -0.05) is 91.0 Å². The highest BCUT2D eigenvalue weighted by atomic mass is 15.1. The van der Waals surface area contributed by atoms with Gasteiger partial charge in [-0.3, -0.25) is 0 Å². The highest BCUT2D eigenvalue weighted by molar-refractivity contribution is 5.78. The van der Waals surface area contributed by atoms with Crippen LogP contribution in [-0.2, 0) is 0 Å². The van der Waals surface area contributed by atoms with Crippen LogP contribution < -0.4 is 10.2 Å². The molecule has 1 N–H and O–H groups in total. The summed E-state index contributed by atoms with van der Waals surface area (Å²) in [5, 5.41) is 3.37. The molecule has 38 heavy (non-hydrogen) atoms. The number of nitrogens with one attached hydrogen (secondary N) is 1. The van der Waals surface area contributed by atoms with Gasteiger partial charge >= 0.3 is 0 Å². The first-order chi connectivity index (χ1) is 18.8. The maximum absolute atomic E-state index is 4.87. The van der Waals surface area contributed by atoms with E-state index in [4.69, 9.17) is 9.97 Å². The van der Waals surface area contributed by atoms with Gasteiger partial charge in [-0.15, -0.1) is 0 Å². The fourth-order valence-corrected chi connectivity index (χ4v) is 4.45. The predicted molar refractivity (Wildman–Crippen MR) is 157 cm³/mol. The van der Waals surface area contributed by atoms with Gasteiger partial charge < -0.3 is 10.2 Å². The third-order valence-electron chi connectivity index (χ3n) is 6.27. The zero-order valence-electron chi connectivity index (χ0n) is 20.8. The molecule has 0 aliphatic rings. The minimum absolute atomic E-state index is 0.750. The van der Waals surface area contributed by atoms with E-state index in [1.165, 1.54) is 0 Å². The fraction of sp³-hybridized carbons (Fsp3) is 0. The SMILES string of the molecule is c1ccc(-c2cccc(Nc3cccc(-c4ccc(N(c5ccccc5)c5ccccc5)cc4)n3)n2)cc1. The summed E-state index contributed by atoms with van der Waals surface area (Å²) in [5.41, 5.74) is 7.25. The number of hydrogen-bond acceptors (Lipinski definition) is 4. The van der Waals surface area contributed by atoms with Crippen molar-refractivity contribution in [3.8, 4) is 22.5 Å². The Balaban J connectivity index is 1.26. The Hall–Kier alpha value is -5.22. The molecule has 0 fully saturated rings. The van der Waals surface area contributed by atoms with E-state index >= 15 is 0 Å². The van der Waals surface area contributed by atoms with Gasteiger partial charge in [0.05, 0.1) is 11.4 Å². The summed E-state index contributed by atoms with van der Waals surface area (Å²) >= 11 is 0. The van der Waals surface area contributed by atoms with Crippen LogP contribution in [-0.4, -0.2) is 9.97 Å². The molecular weight excluding hydrogens is 464 g/mol. The fourth-order valence-electron chi connectivity index (χ4n) is 4.45. The molecule has 0 saturated heterocycles. The molecule has 6 rings (SSSR count). The zero-order chi connectivity index (χ0) is 25.6. The normalized spacial score (nSPS) is 10.6.